The number of carbonyl (C=O) groups excluding carboxylic acids is 1. The molecule has 3 heteroatoms. The van der Waals surface area contributed by atoms with Gasteiger partial charge in [0.05, 0.1) is 0 Å². The van der Waals surface area contributed by atoms with Crippen LogP contribution in [0.5, 0.6) is 0 Å². The molecule has 0 aliphatic carbocycles. The molecule has 0 spiro atoms. The Hall–Kier alpha value is -2.65. The van der Waals surface area contributed by atoms with Gasteiger partial charge in [-0.2, -0.15) is 0 Å². The quantitative estimate of drug-likeness (QED) is 0.775. The maximum Gasteiger partial charge on any atom is 0.251 e. The highest BCUT2D eigenvalue weighted by atomic mass is 16.1. The average Bonchev–Trinajstić information content (AvgIpc) is 2.60. The van der Waals surface area contributed by atoms with Crippen LogP contribution in [0.2, 0.25) is 0 Å². The van der Waals surface area contributed by atoms with Crippen molar-refractivity contribution < 1.29 is 4.79 Å². The van der Waals surface area contributed by atoms with Gasteiger partial charge in [-0.1, -0.05) is 54.6 Å². The van der Waals surface area contributed by atoms with Crippen molar-refractivity contribution in [3.8, 4) is 0 Å². The topological polar surface area (TPSA) is 32.3 Å². The first-order valence-corrected chi connectivity index (χ1v) is 8.11. The number of rotatable bonds is 5. The molecule has 1 amide bonds. The molecule has 3 rings (SSSR count). The zero-order valence-electron chi connectivity index (χ0n) is 14.1. The van der Waals surface area contributed by atoms with Crippen LogP contribution in [-0.4, -0.2) is 24.9 Å². The van der Waals surface area contributed by atoms with Gasteiger partial charge in [-0.25, -0.2) is 0 Å². The molecule has 122 valence electrons. The van der Waals surface area contributed by atoms with E-state index in [2.05, 4.69) is 48.6 Å². The summed E-state index contributed by atoms with van der Waals surface area (Å²) in [6, 6.07) is 22.2. The summed E-state index contributed by atoms with van der Waals surface area (Å²) in [6.07, 6.45) is 0. The SMILES string of the molecule is CN(C)Cc1ccc(CNC(=O)c2ccc3ccccc3c2)cc1. The van der Waals surface area contributed by atoms with Gasteiger partial charge in [0.15, 0.2) is 0 Å². The number of amides is 1. The van der Waals surface area contributed by atoms with E-state index >= 15 is 0 Å². The lowest BCUT2D eigenvalue weighted by molar-refractivity contribution is 0.0951. The minimum absolute atomic E-state index is 0.0434. The third kappa shape index (κ3) is 4.00. The molecule has 24 heavy (non-hydrogen) atoms. The Morgan fingerprint density at radius 3 is 2.25 bits per heavy atom. The summed E-state index contributed by atoms with van der Waals surface area (Å²) in [5.41, 5.74) is 3.06. The smallest absolute Gasteiger partial charge is 0.251 e. The van der Waals surface area contributed by atoms with Crippen LogP contribution in [0.25, 0.3) is 10.8 Å². The third-order valence-corrected chi connectivity index (χ3v) is 3.99. The maximum atomic E-state index is 12.4. The van der Waals surface area contributed by atoms with Gasteiger partial charge in [0.2, 0.25) is 0 Å². The van der Waals surface area contributed by atoms with Gasteiger partial charge >= 0.3 is 0 Å². The Morgan fingerprint density at radius 2 is 1.54 bits per heavy atom. The minimum atomic E-state index is -0.0434. The molecule has 0 aromatic heterocycles. The molecule has 0 atom stereocenters. The fraction of sp³-hybridized carbons (Fsp3) is 0.190. The highest BCUT2D eigenvalue weighted by Gasteiger charge is 2.06. The summed E-state index contributed by atoms with van der Waals surface area (Å²) in [4.78, 5) is 14.5. The summed E-state index contributed by atoms with van der Waals surface area (Å²) < 4.78 is 0. The molecule has 3 aromatic carbocycles. The molecular formula is C21H22N2O. The fourth-order valence-corrected chi connectivity index (χ4v) is 2.74. The van der Waals surface area contributed by atoms with Crippen molar-refractivity contribution in [1.82, 2.24) is 10.2 Å². The molecule has 0 heterocycles. The highest BCUT2D eigenvalue weighted by molar-refractivity contribution is 5.98. The first kappa shape index (κ1) is 16.2. The number of nitrogens with zero attached hydrogens (tertiary/aromatic N) is 1. The second-order valence-electron chi connectivity index (χ2n) is 6.30. The molecule has 0 saturated heterocycles. The van der Waals surface area contributed by atoms with Crippen molar-refractivity contribution in [2.75, 3.05) is 14.1 Å². The number of fused-ring (bicyclic) bond motifs is 1. The Morgan fingerprint density at radius 1 is 0.875 bits per heavy atom. The number of carbonyl (C=O) groups is 1. The highest BCUT2D eigenvalue weighted by Crippen LogP contribution is 2.15. The van der Waals surface area contributed by atoms with Crippen LogP contribution in [0.15, 0.2) is 66.7 Å². The van der Waals surface area contributed by atoms with Gasteiger partial charge in [0.1, 0.15) is 0 Å². The van der Waals surface area contributed by atoms with E-state index in [1.807, 2.05) is 42.5 Å². The van der Waals surface area contributed by atoms with E-state index in [9.17, 15) is 4.79 Å². The van der Waals surface area contributed by atoms with Crippen LogP contribution in [0.4, 0.5) is 0 Å². The summed E-state index contributed by atoms with van der Waals surface area (Å²) in [5.74, 6) is -0.0434. The van der Waals surface area contributed by atoms with Crippen LogP contribution in [0.1, 0.15) is 21.5 Å². The summed E-state index contributed by atoms with van der Waals surface area (Å²) in [7, 11) is 4.11. The van der Waals surface area contributed by atoms with Crippen LogP contribution in [-0.2, 0) is 13.1 Å². The monoisotopic (exact) mass is 318 g/mol. The Kier molecular flexibility index (Phi) is 4.92. The van der Waals surface area contributed by atoms with E-state index in [4.69, 9.17) is 0 Å². The van der Waals surface area contributed by atoms with E-state index < -0.39 is 0 Å². The van der Waals surface area contributed by atoms with E-state index in [0.717, 1.165) is 22.9 Å². The lowest BCUT2D eigenvalue weighted by Crippen LogP contribution is -2.22. The van der Waals surface area contributed by atoms with Crippen LogP contribution in [0.3, 0.4) is 0 Å². The molecule has 0 aliphatic heterocycles. The van der Waals surface area contributed by atoms with Crippen LogP contribution >= 0.6 is 0 Å². The van der Waals surface area contributed by atoms with Gasteiger partial charge in [-0.3, -0.25) is 4.79 Å². The zero-order valence-corrected chi connectivity index (χ0v) is 14.1. The second-order valence-corrected chi connectivity index (χ2v) is 6.30. The van der Waals surface area contributed by atoms with Crippen molar-refractivity contribution in [3.63, 3.8) is 0 Å². The van der Waals surface area contributed by atoms with Gasteiger partial charge in [-0.15, -0.1) is 0 Å². The lowest BCUT2D eigenvalue weighted by Gasteiger charge is -2.10. The van der Waals surface area contributed by atoms with Gasteiger partial charge < -0.3 is 10.2 Å². The predicted octanol–water partition coefficient (Wildman–Crippen LogP) is 3.83. The normalized spacial score (nSPS) is 11.0. The minimum Gasteiger partial charge on any atom is -0.348 e. The summed E-state index contributed by atoms with van der Waals surface area (Å²) in [5, 5.41) is 5.22. The zero-order chi connectivity index (χ0) is 16.9. The number of hydrogen-bond acceptors (Lipinski definition) is 2. The molecule has 0 aliphatic rings. The van der Waals surface area contributed by atoms with Crippen molar-refractivity contribution in [1.29, 1.82) is 0 Å². The van der Waals surface area contributed by atoms with Crippen molar-refractivity contribution in [2.24, 2.45) is 0 Å². The molecule has 0 unspecified atom stereocenters. The molecule has 0 fully saturated rings. The number of nitrogens with one attached hydrogen (secondary N) is 1. The first-order chi connectivity index (χ1) is 11.6. The molecule has 0 bridgehead atoms. The second kappa shape index (κ2) is 7.28. The average molecular weight is 318 g/mol. The molecule has 1 N–H and O–H groups in total. The maximum absolute atomic E-state index is 12.4. The van der Waals surface area contributed by atoms with Crippen molar-refractivity contribution in [2.45, 2.75) is 13.1 Å². The van der Waals surface area contributed by atoms with E-state index in [1.165, 1.54) is 5.56 Å². The van der Waals surface area contributed by atoms with Crippen molar-refractivity contribution in [3.05, 3.63) is 83.4 Å². The standard InChI is InChI=1S/C21H22N2O/c1-23(2)15-17-9-7-16(8-10-17)14-22-21(24)20-12-11-18-5-3-4-6-19(18)13-20/h3-13H,14-15H2,1-2H3,(H,22,24). The largest absolute Gasteiger partial charge is 0.348 e. The Bertz CT molecular complexity index is 838. The molecular weight excluding hydrogens is 296 g/mol. The molecule has 0 radical (unpaired) electrons. The third-order valence-electron chi connectivity index (χ3n) is 3.99. The van der Waals surface area contributed by atoms with E-state index in [0.29, 0.717) is 12.1 Å². The summed E-state index contributed by atoms with van der Waals surface area (Å²) in [6.45, 7) is 1.46. The van der Waals surface area contributed by atoms with Crippen molar-refractivity contribution >= 4 is 16.7 Å². The predicted molar refractivity (Wildman–Crippen MR) is 99.0 cm³/mol. The lowest BCUT2D eigenvalue weighted by atomic mass is 10.1. The fourth-order valence-electron chi connectivity index (χ4n) is 2.74. The molecule has 3 nitrogen and oxygen atoms in total. The molecule has 3 aromatic rings. The van der Waals surface area contributed by atoms with E-state index in [-0.39, 0.29) is 5.91 Å². The number of hydrogen-bond donors (Lipinski definition) is 1. The van der Waals surface area contributed by atoms with Gasteiger partial charge in [-0.05, 0) is 48.1 Å². The van der Waals surface area contributed by atoms with Gasteiger partial charge in [0.25, 0.3) is 5.91 Å². The van der Waals surface area contributed by atoms with Crippen LogP contribution in [0, 0.1) is 0 Å². The molecule has 0 saturated carbocycles. The van der Waals surface area contributed by atoms with Crippen LogP contribution < -0.4 is 5.32 Å². The van der Waals surface area contributed by atoms with E-state index in [1.54, 1.807) is 0 Å². The number of benzene rings is 3. The Labute approximate surface area is 142 Å². The summed E-state index contributed by atoms with van der Waals surface area (Å²) >= 11 is 0. The van der Waals surface area contributed by atoms with Gasteiger partial charge in [0, 0.05) is 18.7 Å². The Balaban J connectivity index is 1.63. The first-order valence-electron chi connectivity index (χ1n) is 8.11.